The van der Waals surface area contributed by atoms with Gasteiger partial charge in [-0.1, -0.05) is 13.0 Å². The molecule has 6 nitrogen and oxygen atoms in total. The van der Waals surface area contributed by atoms with E-state index < -0.39 is 10.8 Å². The summed E-state index contributed by atoms with van der Waals surface area (Å²) in [5, 5.41) is 22.4. The largest absolute Gasteiger partial charge is 0.394 e. The number of carbonyl (C=O) groups excluding carboxylic acids is 1. The lowest BCUT2D eigenvalue weighted by atomic mass is 10.1. The molecule has 0 aliphatic carbocycles. The minimum Gasteiger partial charge on any atom is -0.394 e. The molecule has 0 saturated heterocycles. The van der Waals surface area contributed by atoms with Crippen LogP contribution in [0.2, 0.25) is 0 Å². The second-order valence-corrected chi connectivity index (χ2v) is 3.97. The number of nitro groups is 1. The molecule has 2 N–H and O–H groups in total. The molecule has 1 unspecified atom stereocenters. The van der Waals surface area contributed by atoms with Crippen LogP contribution in [0.3, 0.4) is 0 Å². The Morgan fingerprint density at radius 1 is 1.56 bits per heavy atom. The van der Waals surface area contributed by atoms with Crippen molar-refractivity contribution in [1.29, 1.82) is 0 Å². The van der Waals surface area contributed by atoms with Crippen molar-refractivity contribution in [1.82, 2.24) is 5.32 Å². The molecule has 0 spiro atoms. The Kier molecular flexibility index (Phi) is 4.79. The van der Waals surface area contributed by atoms with Crippen LogP contribution < -0.4 is 5.32 Å². The third-order valence-electron chi connectivity index (χ3n) is 2.79. The first kappa shape index (κ1) is 14.1. The molecule has 1 aromatic carbocycles. The summed E-state index contributed by atoms with van der Waals surface area (Å²) in [5.74, 6) is -0.405. The topological polar surface area (TPSA) is 92.5 Å². The first-order valence-corrected chi connectivity index (χ1v) is 5.67. The van der Waals surface area contributed by atoms with Gasteiger partial charge in [-0.25, -0.2) is 0 Å². The van der Waals surface area contributed by atoms with Gasteiger partial charge in [0.05, 0.1) is 17.6 Å². The summed E-state index contributed by atoms with van der Waals surface area (Å²) >= 11 is 0. The molecule has 0 aromatic heterocycles. The second kappa shape index (κ2) is 6.11. The maximum absolute atomic E-state index is 11.9. The molecule has 6 heteroatoms. The van der Waals surface area contributed by atoms with Gasteiger partial charge in [0.25, 0.3) is 11.6 Å². The number of aliphatic hydroxyl groups excluding tert-OH is 1. The lowest BCUT2D eigenvalue weighted by Crippen LogP contribution is -2.37. The highest BCUT2D eigenvalue weighted by atomic mass is 16.6. The number of hydrogen-bond donors (Lipinski definition) is 2. The molecule has 0 aliphatic rings. The van der Waals surface area contributed by atoms with Crippen LogP contribution in [0.5, 0.6) is 0 Å². The van der Waals surface area contributed by atoms with E-state index >= 15 is 0 Å². The van der Waals surface area contributed by atoms with E-state index in [1.165, 1.54) is 25.1 Å². The maximum Gasteiger partial charge on any atom is 0.273 e. The summed E-state index contributed by atoms with van der Waals surface area (Å²) < 4.78 is 0. The van der Waals surface area contributed by atoms with Crippen molar-refractivity contribution in [2.45, 2.75) is 26.3 Å². The molecule has 0 heterocycles. The Hall–Kier alpha value is -1.95. The number of amides is 1. The van der Waals surface area contributed by atoms with Crippen molar-refractivity contribution in [3.05, 3.63) is 39.4 Å². The zero-order valence-corrected chi connectivity index (χ0v) is 10.3. The van der Waals surface area contributed by atoms with Gasteiger partial charge >= 0.3 is 0 Å². The molecular formula is C12H16N2O4. The van der Waals surface area contributed by atoms with E-state index in [1.54, 1.807) is 0 Å². The first-order chi connectivity index (χ1) is 8.51. The molecule has 1 aromatic rings. The zero-order valence-electron chi connectivity index (χ0n) is 10.3. The monoisotopic (exact) mass is 252 g/mol. The molecule has 18 heavy (non-hydrogen) atoms. The van der Waals surface area contributed by atoms with E-state index in [4.69, 9.17) is 5.11 Å². The van der Waals surface area contributed by atoms with Crippen LogP contribution in [-0.4, -0.2) is 28.6 Å². The number of carbonyl (C=O) groups is 1. The molecule has 0 saturated carbocycles. The Labute approximate surface area is 105 Å². The lowest BCUT2D eigenvalue weighted by Gasteiger charge is -2.14. The smallest absolute Gasteiger partial charge is 0.273 e. The zero-order chi connectivity index (χ0) is 13.7. The molecular weight excluding hydrogens is 236 g/mol. The molecule has 1 rings (SSSR count). The van der Waals surface area contributed by atoms with Crippen molar-refractivity contribution in [3.8, 4) is 0 Å². The average Bonchev–Trinajstić information content (AvgIpc) is 2.35. The lowest BCUT2D eigenvalue weighted by molar-refractivity contribution is -0.385. The summed E-state index contributed by atoms with van der Waals surface area (Å²) in [6.45, 7) is 3.21. The van der Waals surface area contributed by atoms with E-state index in [0.29, 0.717) is 12.0 Å². The second-order valence-electron chi connectivity index (χ2n) is 3.97. The van der Waals surface area contributed by atoms with Crippen LogP contribution in [0.4, 0.5) is 5.69 Å². The van der Waals surface area contributed by atoms with Gasteiger partial charge in [-0.2, -0.15) is 0 Å². The molecule has 1 amide bonds. The minimum absolute atomic E-state index is 0.0836. The minimum atomic E-state index is -0.518. The fraction of sp³-hybridized carbons (Fsp3) is 0.417. The van der Waals surface area contributed by atoms with Crippen molar-refractivity contribution in [2.75, 3.05) is 6.61 Å². The number of nitro benzene ring substituents is 1. The van der Waals surface area contributed by atoms with Gasteiger partial charge in [0.2, 0.25) is 0 Å². The van der Waals surface area contributed by atoms with Crippen LogP contribution >= 0.6 is 0 Å². The summed E-state index contributed by atoms with van der Waals surface area (Å²) in [5.41, 5.74) is 0.503. The molecule has 1 atom stereocenters. The predicted molar refractivity (Wildman–Crippen MR) is 66.5 cm³/mol. The Balaban J connectivity index is 2.99. The third kappa shape index (κ3) is 3.04. The number of nitrogens with zero attached hydrogens (tertiary/aromatic N) is 1. The Morgan fingerprint density at radius 2 is 2.22 bits per heavy atom. The predicted octanol–water partition coefficient (Wildman–Crippen LogP) is 1.40. The molecule has 0 fully saturated rings. The normalized spacial score (nSPS) is 11.9. The summed E-state index contributed by atoms with van der Waals surface area (Å²) in [7, 11) is 0. The van der Waals surface area contributed by atoms with Crippen molar-refractivity contribution < 1.29 is 14.8 Å². The van der Waals surface area contributed by atoms with E-state index in [0.717, 1.165) is 0 Å². The van der Waals surface area contributed by atoms with E-state index in [2.05, 4.69) is 5.32 Å². The van der Waals surface area contributed by atoms with Crippen molar-refractivity contribution in [3.63, 3.8) is 0 Å². The van der Waals surface area contributed by atoms with Gasteiger partial charge in [0, 0.05) is 17.2 Å². The quantitative estimate of drug-likeness (QED) is 0.612. The highest BCUT2D eigenvalue weighted by molar-refractivity contribution is 5.96. The first-order valence-electron chi connectivity index (χ1n) is 5.67. The number of benzene rings is 1. The van der Waals surface area contributed by atoms with Crippen LogP contribution in [0.15, 0.2) is 18.2 Å². The van der Waals surface area contributed by atoms with Crippen molar-refractivity contribution >= 4 is 11.6 Å². The van der Waals surface area contributed by atoms with Gasteiger partial charge in [-0.05, 0) is 19.4 Å². The summed E-state index contributed by atoms with van der Waals surface area (Å²) in [4.78, 5) is 22.2. The van der Waals surface area contributed by atoms with Crippen LogP contribution in [0.1, 0.15) is 29.3 Å². The number of nitrogens with one attached hydrogen (secondary N) is 1. The molecule has 0 bridgehead atoms. The van der Waals surface area contributed by atoms with Gasteiger partial charge in [0.15, 0.2) is 0 Å². The van der Waals surface area contributed by atoms with Gasteiger partial charge in [-0.15, -0.1) is 0 Å². The highest BCUT2D eigenvalue weighted by Gasteiger charge is 2.19. The summed E-state index contributed by atoms with van der Waals surface area (Å²) in [6.07, 6.45) is 0.593. The van der Waals surface area contributed by atoms with Gasteiger partial charge < -0.3 is 10.4 Å². The molecule has 0 radical (unpaired) electrons. The van der Waals surface area contributed by atoms with Crippen LogP contribution in [0, 0.1) is 17.0 Å². The van der Waals surface area contributed by atoms with E-state index in [1.807, 2.05) is 6.92 Å². The Morgan fingerprint density at radius 3 is 2.72 bits per heavy atom. The van der Waals surface area contributed by atoms with E-state index in [-0.39, 0.29) is 23.9 Å². The fourth-order valence-corrected chi connectivity index (χ4v) is 1.61. The number of hydrogen-bond acceptors (Lipinski definition) is 4. The highest BCUT2D eigenvalue weighted by Crippen LogP contribution is 2.21. The van der Waals surface area contributed by atoms with Crippen LogP contribution in [-0.2, 0) is 0 Å². The summed E-state index contributed by atoms with van der Waals surface area (Å²) in [6, 6.07) is 4.02. The standard InChI is InChI=1S/C12H16N2O4/c1-3-9(7-15)13-12(16)10-5-4-6-11(8(10)2)14(17)18/h4-6,9,15H,3,7H2,1-2H3,(H,13,16). The van der Waals surface area contributed by atoms with E-state index in [9.17, 15) is 14.9 Å². The Bertz CT molecular complexity index is 455. The molecule has 98 valence electrons. The van der Waals surface area contributed by atoms with Gasteiger partial charge in [0.1, 0.15) is 0 Å². The maximum atomic E-state index is 11.9. The third-order valence-corrected chi connectivity index (χ3v) is 2.79. The number of aliphatic hydroxyl groups is 1. The fourth-order valence-electron chi connectivity index (χ4n) is 1.61. The molecule has 0 aliphatic heterocycles. The van der Waals surface area contributed by atoms with Crippen LogP contribution in [0.25, 0.3) is 0 Å². The average molecular weight is 252 g/mol. The van der Waals surface area contributed by atoms with Gasteiger partial charge in [-0.3, -0.25) is 14.9 Å². The SMILES string of the molecule is CCC(CO)NC(=O)c1cccc([N+](=O)[O-])c1C. The van der Waals surface area contributed by atoms with Crippen molar-refractivity contribution in [2.24, 2.45) is 0 Å². The number of rotatable bonds is 5.